The summed E-state index contributed by atoms with van der Waals surface area (Å²) in [7, 11) is 0. The molecular formula is C21H22O9. The average molecular weight is 418 g/mol. The fourth-order valence-corrected chi connectivity index (χ4v) is 3.67. The number of rotatable bonds is 4. The number of ether oxygens (including phenoxy) is 3. The van der Waals surface area contributed by atoms with Crippen LogP contribution in [0.25, 0.3) is 0 Å². The number of hydrogen-bond donors (Lipinski definition) is 5. The van der Waals surface area contributed by atoms with E-state index in [-0.39, 0.29) is 17.1 Å². The molecule has 5 N–H and O–H groups in total. The Hall–Kier alpha value is -2.69. The predicted molar refractivity (Wildman–Crippen MR) is 101 cm³/mol. The number of aliphatic hydroxyl groups excluding tert-OH is 4. The first kappa shape index (κ1) is 20.6. The fourth-order valence-electron chi connectivity index (χ4n) is 3.67. The molecule has 0 saturated carbocycles. The van der Waals surface area contributed by atoms with Crippen molar-refractivity contribution in [3.8, 4) is 11.5 Å². The molecule has 2 heterocycles. The van der Waals surface area contributed by atoms with Gasteiger partial charge in [0.15, 0.2) is 0 Å². The monoisotopic (exact) mass is 418 g/mol. The largest absolute Gasteiger partial charge is 0.508 e. The van der Waals surface area contributed by atoms with Crippen molar-refractivity contribution in [2.75, 3.05) is 6.61 Å². The van der Waals surface area contributed by atoms with E-state index in [2.05, 4.69) is 0 Å². The molecule has 0 aliphatic carbocycles. The maximum atomic E-state index is 12.7. The van der Waals surface area contributed by atoms with Gasteiger partial charge in [0.25, 0.3) is 0 Å². The van der Waals surface area contributed by atoms with Crippen LogP contribution in [0.3, 0.4) is 0 Å². The maximum Gasteiger partial charge on any atom is 0.342 e. The Bertz CT molecular complexity index is 911. The molecule has 2 aromatic rings. The number of hydrogen-bond acceptors (Lipinski definition) is 9. The van der Waals surface area contributed by atoms with Crippen LogP contribution in [0.2, 0.25) is 0 Å². The first-order valence-electron chi connectivity index (χ1n) is 9.48. The highest BCUT2D eigenvalue weighted by Gasteiger charge is 2.45. The molecule has 9 heteroatoms. The van der Waals surface area contributed by atoms with Crippen LogP contribution < -0.4 is 4.74 Å². The molecule has 0 bridgehead atoms. The van der Waals surface area contributed by atoms with Gasteiger partial charge in [-0.25, -0.2) is 4.79 Å². The Kier molecular flexibility index (Phi) is 5.63. The van der Waals surface area contributed by atoms with Crippen LogP contribution in [0.15, 0.2) is 42.5 Å². The molecule has 2 aliphatic rings. The predicted octanol–water partition coefficient (Wildman–Crippen LogP) is 0.0251. The quantitative estimate of drug-likeness (QED) is 0.434. The molecule has 4 rings (SSSR count). The molecule has 0 aromatic heterocycles. The third kappa shape index (κ3) is 3.73. The number of carbonyl (C=O) groups excluding carboxylic acids is 1. The Morgan fingerprint density at radius 2 is 1.73 bits per heavy atom. The van der Waals surface area contributed by atoms with Crippen LogP contribution in [0.5, 0.6) is 11.5 Å². The van der Waals surface area contributed by atoms with E-state index < -0.39 is 49.4 Å². The minimum Gasteiger partial charge on any atom is -0.508 e. The Balaban J connectivity index is 1.58. The smallest absolute Gasteiger partial charge is 0.342 e. The Labute approximate surface area is 171 Å². The van der Waals surface area contributed by atoms with Gasteiger partial charge >= 0.3 is 5.97 Å². The number of carbonyl (C=O) groups is 1. The lowest BCUT2D eigenvalue weighted by molar-refractivity contribution is -0.277. The Morgan fingerprint density at radius 3 is 2.43 bits per heavy atom. The molecule has 1 unspecified atom stereocenters. The standard InChI is InChI=1S/C21H22O9/c22-9-15-17(24)18(25)19(26)21(30-15)29-13-3-1-2-11-8-14(28-20(27)16(11)13)10-4-6-12(23)7-5-10/h1-7,14-15,17-19,21-26H,8-9H2/t14?,15-,17-,18+,19-,21-/m1/s1. The zero-order valence-electron chi connectivity index (χ0n) is 15.8. The van der Waals surface area contributed by atoms with Crippen molar-refractivity contribution in [3.05, 3.63) is 59.2 Å². The first-order valence-corrected chi connectivity index (χ1v) is 9.48. The average Bonchev–Trinajstić information content (AvgIpc) is 2.74. The molecule has 0 spiro atoms. The van der Waals surface area contributed by atoms with Gasteiger partial charge in [-0.1, -0.05) is 24.3 Å². The van der Waals surface area contributed by atoms with Crippen LogP contribution in [-0.2, 0) is 15.9 Å². The Morgan fingerprint density at radius 1 is 1.00 bits per heavy atom. The summed E-state index contributed by atoms with van der Waals surface area (Å²) in [6, 6.07) is 11.3. The first-order chi connectivity index (χ1) is 14.4. The zero-order valence-corrected chi connectivity index (χ0v) is 15.8. The van der Waals surface area contributed by atoms with E-state index in [1.807, 2.05) is 0 Å². The van der Waals surface area contributed by atoms with Crippen molar-refractivity contribution in [2.24, 2.45) is 0 Å². The summed E-state index contributed by atoms with van der Waals surface area (Å²) < 4.78 is 16.6. The number of benzene rings is 2. The van der Waals surface area contributed by atoms with Gasteiger partial charge in [-0.3, -0.25) is 0 Å². The summed E-state index contributed by atoms with van der Waals surface area (Å²) >= 11 is 0. The maximum absolute atomic E-state index is 12.7. The number of aromatic hydroxyl groups is 1. The second kappa shape index (κ2) is 8.21. The van der Waals surface area contributed by atoms with Crippen molar-refractivity contribution in [3.63, 3.8) is 0 Å². The van der Waals surface area contributed by atoms with E-state index in [9.17, 15) is 30.3 Å². The number of phenols is 1. The highest BCUT2D eigenvalue weighted by atomic mass is 16.7. The van der Waals surface area contributed by atoms with E-state index in [1.165, 1.54) is 18.2 Å². The van der Waals surface area contributed by atoms with Crippen molar-refractivity contribution in [1.82, 2.24) is 0 Å². The minimum absolute atomic E-state index is 0.0889. The molecule has 1 saturated heterocycles. The summed E-state index contributed by atoms with van der Waals surface area (Å²) in [6.45, 7) is -0.589. The topological polar surface area (TPSA) is 146 Å². The lowest BCUT2D eigenvalue weighted by atomic mass is 9.94. The van der Waals surface area contributed by atoms with Gasteiger partial charge in [-0.15, -0.1) is 0 Å². The number of phenolic OH excluding ortho intramolecular Hbond substituents is 1. The van der Waals surface area contributed by atoms with Crippen LogP contribution in [-0.4, -0.2) is 68.8 Å². The van der Waals surface area contributed by atoms with E-state index >= 15 is 0 Å². The highest BCUT2D eigenvalue weighted by molar-refractivity contribution is 5.95. The summed E-state index contributed by atoms with van der Waals surface area (Å²) in [5.74, 6) is -0.433. The molecule has 2 aliphatic heterocycles. The van der Waals surface area contributed by atoms with Crippen LogP contribution in [0.4, 0.5) is 0 Å². The molecule has 160 valence electrons. The zero-order chi connectivity index (χ0) is 21.4. The second-order valence-corrected chi connectivity index (χ2v) is 7.30. The summed E-state index contributed by atoms with van der Waals surface area (Å²) in [5, 5.41) is 48.8. The number of cyclic esters (lactones) is 1. The molecule has 0 radical (unpaired) electrons. The van der Waals surface area contributed by atoms with Crippen molar-refractivity contribution >= 4 is 5.97 Å². The summed E-state index contributed by atoms with van der Waals surface area (Å²) in [5.41, 5.74) is 1.56. The van der Waals surface area contributed by atoms with E-state index in [1.54, 1.807) is 24.3 Å². The van der Waals surface area contributed by atoms with Gasteiger partial charge in [-0.2, -0.15) is 0 Å². The van der Waals surface area contributed by atoms with E-state index in [0.717, 1.165) is 5.56 Å². The summed E-state index contributed by atoms with van der Waals surface area (Å²) in [6.07, 6.45) is -7.39. The fraction of sp³-hybridized carbons (Fsp3) is 0.381. The van der Waals surface area contributed by atoms with Crippen molar-refractivity contribution < 1.29 is 44.5 Å². The van der Waals surface area contributed by atoms with Gasteiger partial charge in [0.1, 0.15) is 47.6 Å². The highest BCUT2D eigenvalue weighted by Crippen LogP contribution is 2.36. The van der Waals surface area contributed by atoms with Crippen molar-refractivity contribution in [1.29, 1.82) is 0 Å². The molecule has 9 nitrogen and oxygen atoms in total. The van der Waals surface area contributed by atoms with E-state index in [4.69, 9.17) is 14.2 Å². The second-order valence-electron chi connectivity index (χ2n) is 7.30. The molecule has 0 amide bonds. The third-order valence-electron chi connectivity index (χ3n) is 5.33. The van der Waals surface area contributed by atoms with Gasteiger partial charge in [-0.05, 0) is 29.3 Å². The normalized spacial score (nSPS) is 31.0. The van der Waals surface area contributed by atoms with Gasteiger partial charge < -0.3 is 39.7 Å². The van der Waals surface area contributed by atoms with Gasteiger partial charge in [0.05, 0.1) is 6.61 Å². The summed E-state index contributed by atoms with van der Waals surface area (Å²) in [4.78, 5) is 12.7. The van der Waals surface area contributed by atoms with Crippen molar-refractivity contribution in [2.45, 2.75) is 43.2 Å². The van der Waals surface area contributed by atoms with Crippen LogP contribution >= 0.6 is 0 Å². The molecule has 2 aromatic carbocycles. The molecular weight excluding hydrogens is 396 g/mol. The minimum atomic E-state index is -1.59. The third-order valence-corrected chi connectivity index (χ3v) is 5.33. The lowest BCUT2D eigenvalue weighted by Gasteiger charge is -2.40. The van der Waals surface area contributed by atoms with Crippen LogP contribution in [0.1, 0.15) is 27.6 Å². The number of aliphatic hydroxyl groups is 4. The van der Waals surface area contributed by atoms with Gasteiger partial charge in [0, 0.05) is 6.42 Å². The van der Waals surface area contributed by atoms with Crippen LogP contribution in [0, 0.1) is 0 Å². The van der Waals surface area contributed by atoms with Gasteiger partial charge in [0.2, 0.25) is 6.29 Å². The van der Waals surface area contributed by atoms with E-state index in [0.29, 0.717) is 12.0 Å². The number of esters is 1. The molecule has 6 atom stereocenters. The molecule has 30 heavy (non-hydrogen) atoms. The molecule has 1 fully saturated rings. The number of fused-ring (bicyclic) bond motifs is 1. The SMILES string of the molecule is O=C1OC(c2ccc(O)cc2)Cc2cccc(O[C@@H]3O[C@H](CO)[C@@H](O)[C@H](O)[C@H]3O)c21. The lowest BCUT2D eigenvalue weighted by Crippen LogP contribution is -2.60.